The highest BCUT2D eigenvalue weighted by atomic mass is 16.4. The van der Waals surface area contributed by atoms with Gasteiger partial charge in [-0.05, 0) is 27.7 Å². The number of rotatable bonds is 6. The van der Waals surface area contributed by atoms with E-state index < -0.39 is 0 Å². The first-order chi connectivity index (χ1) is 13.0. The normalized spacial score (nSPS) is 11.6. The Bertz CT molecular complexity index is 889. The predicted octanol–water partition coefficient (Wildman–Crippen LogP) is 3.51. The lowest BCUT2D eigenvalue weighted by molar-refractivity contribution is 0.472. The molecule has 1 aromatic carbocycles. The summed E-state index contributed by atoms with van der Waals surface area (Å²) in [5, 5.41) is 6.40. The van der Waals surface area contributed by atoms with Crippen molar-refractivity contribution >= 4 is 5.96 Å². The summed E-state index contributed by atoms with van der Waals surface area (Å²) in [4.78, 5) is 13.2. The first-order valence-electron chi connectivity index (χ1n) is 9.02. The lowest BCUT2D eigenvalue weighted by Crippen LogP contribution is -2.36. The number of nitrogens with one attached hydrogen (secondary N) is 2. The number of guanidine groups is 1. The van der Waals surface area contributed by atoms with E-state index in [1.807, 2.05) is 32.9 Å². The molecule has 2 heterocycles. The Kier molecular flexibility index (Phi) is 5.90. The van der Waals surface area contributed by atoms with E-state index in [1.54, 1.807) is 6.20 Å². The number of nitrogens with zero attached hydrogens (tertiary/aromatic N) is 3. The Morgan fingerprint density at radius 3 is 2.48 bits per heavy atom. The molecule has 3 rings (SSSR count). The van der Waals surface area contributed by atoms with Crippen molar-refractivity contribution in [3.05, 3.63) is 59.3 Å². The molecular formula is C20H25N5O2. The van der Waals surface area contributed by atoms with Crippen LogP contribution in [0, 0.1) is 20.8 Å². The van der Waals surface area contributed by atoms with Crippen LogP contribution in [0.2, 0.25) is 0 Å². The minimum atomic E-state index is 0.365. The lowest BCUT2D eigenvalue weighted by Gasteiger charge is -2.09. The van der Waals surface area contributed by atoms with Crippen LogP contribution in [-0.4, -0.2) is 22.5 Å². The molecule has 0 spiro atoms. The maximum absolute atomic E-state index is 5.83. The van der Waals surface area contributed by atoms with Crippen LogP contribution in [0.25, 0.3) is 11.3 Å². The van der Waals surface area contributed by atoms with Gasteiger partial charge in [0.2, 0.25) is 11.8 Å². The summed E-state index contributed by atoms with van der Waals surface area (Å²) in [6.45, 7) is 9.43. The summed E-state index contributed by atoms with van der Waals surface area (Å²) in [6, 6.07) is 8.16. The SMILES string of the molecule is CCNC(=NCc1nc(C)c(C)o1)NCc1ncc(-c2ccc(C)cc2)o1. The van der Waals surface area contributed by atoms with Crippen LogP contribution in [0.15, 0.2) is 44.3 Å². The zero-order chi connectivity index (χ0) is 19.2. The predicted molar refractivity (Wildman–Crippen MR) is 104 cm³/mol. The summed E-state index contributed by atoms with van der Waals surface area (Å²) in [6.07, 6.45) is 1.74. The Morgan fingerprint density at radius 2 is 1.81 bits per heavy atom. The van der Waals surface area contributed by atoms with E-state index in [4.69, 9.17) is 8.83 Å². The van der Waals surface area contributed by atoms with E-state index >= 15 is 0 Å². The van der Waals surface area contributed by atoms with Gasteiger partial charge in [0.25, 0.3) is 0 Å². The van der Waals surface area contributed by atoms with Crippen molar-refractivity contribution in [2.75, 3.05) is 6.54 Å². The molecule has 0 saturated carbocycles. The number of benzene rings is 1. The van der Waals surface area contributed by atoms with E-state index in [9.17, 15) is 0 Å². The van der Waals surface area contributed by atoms with Crippen molar-refractivity contribution in [1.29, 1.82) is 0 Å². The number of hydrogen-bond donors (Lipinski definition) is 2. The van der Waals surface area contributed by atoms with Crippen molar-refractivity contribution in [3.8, 4) is 11.3 Å². The second-order valence-electron chi connectivity index (χ2n) is 6.28. The summed E-state index contributed by atoms with van der Waals surface area (Å²) in [5.41, 5.74) is 3.11. The molecule has 0 saturated heterocycles. The third kappa shape index (κ3) is 4.97. The van der Waals surface area contributed by atoms with Gasteiger partial charge in [0.1, 0.15) is 12.3 Å². The zero-order valence-electron chi connectivity index (χ0n) is 16.2. The quantitative estimate of drug-likeness (QED) is 0.512. The number of aryl methyl sites for hydroxylation is 3. The van der Waals surface area contributed by atoms with Crippen LogP contribution in [0.5, 0.6) is 0 Å². The summed E-state index contributed by atoms with van der Waals surface area (Å²) < 4.78 is 11.4. The van der Waals surface area contributed by atoms with E-state index in [0.29, 0.717) is 30.8 Å². The zero-order valence-corrected chi connectivity index (χ0v) is 16.2. The standard InChI is InChI=1S/C20H25N5O2/c1-5-21-20(24-12-19-25-14(3)15(4)26-19)23-11-18-22-10-17(27-18)16-8-6-13(2)7-9-16/h6-10H,5,11-12H2,1-4H3,(H2,21,23,24). The second kappa shape index (κ2) is 8.53. The van der Waals surface area contributed by atoms with Crippen molar-refractivity contribution < 1.29 is 8.83 Å². The van der Waals surface area contributed by atoms with Crippen LogP contribution in [0.4, 0.5) is 0 Å². The van der Waals surface area contributed by atoms with Gasteiger partial charge in [0.05, 0.1) is 18.4 Å². The monoisotopic (exact) mass is 367 g/mol. The molecular weight excluding hydrogens is 342 g/mol. The number of aliphatic imine (C=N–C) groups is 1. The summed E-state index contributed by atoms with van der Waals surface area (Å²) in [7, 11) is 0. The average Bonchev–Trinajstić information content (AvgIpc) is 3.25. The van der Waals surface area contributed by atoms with Crippen LogP contribution >= 0.6 is 0 Å². The van der Waals surface area contributed by atoms with E-state index in [2.05, 4.69) is 44.7 Å². The third-order valence-corrected chi connectivity index (χ3v) is 4.09. The Labute approximate surface area is 158 Å². The fourth-order valence-corrected chi connectivity index (χ4v) is 2.50. The molecule has 0 aliphatic carbocycles. The first kappa shape index (κ1) is 18.7. The third-order valence-electron chi connectivity index (χ3n) is 4.09. The fourth-order valence-electron chi connectivity index (χ4n) is 2.50. The van der Waals surface area contributed by atoms with Crippen molar-refractivity contribution in [3.63, 3.8) is 0 Å². The number of hydrogen-bond acceptors (Lipinski definition) is 5. The highest BCUT2D eigenvalue weighted by Gasteiger charge is 2.08. The maximum atomic E-state index is 5.83. The smallest absolute Gasteiger partial charge is 0.216 e. The Balaban J connectivity index is 1.62. The number of oxazole rings is 2. The van der Waals surface area contributed by atoms with Crippen LogP contribution in [-0.2, 0) is 13.1 Å². The van der Waals surface area contributed by atoms with Gasteiger partial charge in [0, 0.05) is 12.1 Å². The molecule has 0 amide bonds. The van der Waals surface area contributed by atoms with Crippen LogP contribution < -0.4 is 10.6 Å². The molecule has 0 aliphatic rings. The maximum Gasteiger partial charge on any atom is 0.216 e. The largest absolute Gasteiger partial charge is 0.444 e. The molecule has 7 heteroatoms. The molecule has 2 N–H and O–H groups in total. The second-order valence-corrected chi connectivity index (χ2v) is 6.28. The van der Waals surface area contributed by atoms with Crippen LogP contribution in [0.3, 0.4) is 0 Å². The van der Waals surface area contributed by atoms with Gasteiger partial charge >= 0.3 is 0 Å². The van der Waals surface area contributed by atoms with Gasteiger partial charge in [-0.1, -0.05) is 29.8 Å². The van der Waals surface area contributed by atoms with Gasteiger partial charge in [-0.3, -0.25) is 0 Å². The highest BCUT2D eigenvalue weighted by Crippen LogP contribution is 2.20. The van der Waals surface area contributed by atoms with Crippen LogP contribution in [0.1, 0.15) is 35.7 Å². The van der Waals surface area contributed by atoms with Crippen molar-refractivity contribution in [2.24, 2.45) is 4.99 Å². The fraction of sp³-hybridized carbons (Fsp3) is 0.350. The number of aromatic nitrogens is 2. The molecule has 0 unspecified atom stereocenters. The lowest BCUT2D eigenvalue weighted by atomic mass is 10.1. The molecule has 3 aromatic rings. The van der Waals surface area contributed by atoms with Gasteiger partial charge in [-0.25, -0.2) is 15.0 Å². The molecule has 2 aromatic heterocycles. The topological polar surface area (TPSA) is 88.5 Å². The first-order valence-corrected chi connectivity index (χ1v) is 9.02. The van der Waals surface area contributed by atoms with Crippen molar-refractivity contribution in [2.45, 2.75) is 40.8 Å². The molecule has 0 atom stereocenters. The molecule has 142 valence electrons. The molecule has 0 fully saturated rings. The molecule has 27 heavy (non-hydrogen) atoms. The summed E-state index contributed by atoms with van der Waals surface area (Å²) in [5.74, 6) is 3.42. The Hall–Kier alpha value is -3.09. The van der Waals surface area contributed by atoms with E-state index in [1.165, 1.54) is 5.56 Å². The van der Waals surface area contributed by atoms with E-state index in [0.717, 1.165) is 29.3 Å². The Morgan fingerprint density at radius 1 is 1.04 bits per heavy atom. The summed E-state index contributed by atoms with van der Waals surface area (Å²) >= 11 is 0. The van der Waals surface area contributed by atoms with Gasteiger partial charge in [-0.2, -0.15) is 0 Å². The van der Waals surface area contributed by atoms with E-state index in [-0.39, 0.29) is 0 Å². The average molecular weight is 367 g/mol. The molecule has 7 nitrogen and oxygen atoms in total. The van der Waals surface area contributed by atoms with Gasteiger partial charge < -0.3 is 19.5 Å². The molecule has 0 bridgehead atoms. The van der Waals surface area contributed by atoms with Gasteiger partial charge in [-0.15, -0.1) is 0 Å². The molecule has 0 aliphatic heterocycles. The van der Waals surface area contributed by atoms with Gasteiger partial charge in [0.15, 0.2) is 11.7 Å². The highest BCUT2D eigenvalue weighted by molar-refractivity contribution is 5.79. The minimum absolute atomic E-state index is 0.365. The molecule has 0 radical (unpaired) electrons. The van der Waals surface area contributed by atoms with Crippen molar-refractivity contribution in [1.82, 2.24) is 20.6 Å². The minimum Gasteiger partial charge on any atom is -0.444 e.